The second kappa shape index (κ2) is 5.99. The lowest BCUT2D eigenvalue weighted by Crippen LogP contribution is -1.98. The molecule has 0 aromatic rings. The van der Waals surface area contributed by atoms with Gasteiger partial charge in [0, 0.05) is 0 Å². The van der Waals surface area contributed by atoms with Crippen LogP contribution in [0.25, 0.3) is 0 Å². The lowest BCUT2D eigenvalue weighted by molar-refractivity contribution is 0.277. The highest BCUT2D eigenvalue weighted by Gasteiger charge is 2.02. The molecule has 0 heterocycles. The zero-order chi connectivity index (χ0) is 7.11. The minimum Gasteiger partial charge on any atom is -0.251 e. The minimum absolute atomic E-state index is 0.376. The minimum atomic E-state index is -0.772. The summed E-state index contributed by atoms with van der Waals surface area (Å²) in [6, 6.07) is 0. The van der Waals surface area contributed by atoms with Gasteiger partial charge in [-0.15, -0.1) is 0 Å². The molecule has 0 aliphatic rings. The second-order valence-electron chi connectivity index (χ2n) is 2.22. The van der Waals surface area contributed by atoms with Crippen molar-refractivity contribution in [2.24, 2.45) is 0 Å². The molecule has 0 aliphatic carbocycles. The summed E-state index contributed by atoms with van der Waals surface area (Å²) in [7, 11) is 0. The maximum Gasteiger partial charge on any atom is 0.100 e. The van der Waals surface area contributed by atoms with Gasteiger partial charge in [-0.25, -0.2) is 4.39 Å². The van der Waals surface area contributed by atoms with Gasteiger partial charge in [-0.3, -0.25) is 4.39 Å². The van der Waals surface area contributed by atoms with Crippen LogP contribution in [-0.2, 0) is 0 Å². The first kappa shape index (κ1) is 8.86. The number of alkyl halides is 2. The molecule has 56 valence electrons. The summed E-state index contributed by atoms with van der Waals surface area (Å²) in [6.07, 6.45) is 1.43. The Morgan fingerprint density at radius 3 is 2.44 bits per heavy atom. The van der Waals surface area contributed by atoms with Crippen molar-refractivity contribution in [1.82, 2.24) is 0 Å². The predicted molar refractivity (Wildman–Crippen MR) is 35.0 cm³/mol. The van der Waals surface area contributed by atoms with Gasteiger partial charge < -0.3 is 0 Å². The first-order chi connectivity index (χ1) is 4.31. The molecular formula is C7H14F2. The second-order valence-corrected chi connectivity index (χ2v) is 2.22. The largest absolute Gasteiger partial charge is 0.251 e. The highest BCUT2D eigenvalue weighted by Crippen LogP contribution is 2.08. The molecule has 0 N–H and O–H groups in total. The summed E-state index contributed by atoms with van der Waals surface area (Å²) in [5.41, 5.74) is 0. The zero-order valence-corrected chi connectivity index (χ0v) is 5.87. The molecule has 0 aromatic carbocycles. The van der Waals surface area contributed by atoms with Crippen molar-refractivity contribution >= 4 is 0 Å². The normalized spacial score (nSPS) is 13.7. The van der Waals surface area contributed by atoms with Crippen LogP contribution in [0.2, 0.25) is 0 Å². The SMILES string of the molecule is CCCC(F)CCCF. The molecule has 0 saturated carbocycles. The molecule has 0 radical (unpaired) electrons. The molecule has 1 unspecified atom stereocenters. The van der Waals surface area contributed by atoms with Crippen LogP contribution < -0.4 is 0 Å². The molecular weight excluding hydrogens is 122 g/mol. The van der Waals surface area contributed by atoms with Crippen molar-refractivity contribution in [2.75, 3.05) is 6.67 Å². The maximum atomic E-state index is 12.4. The van der Waals surface area contributed by atoms with Crippen LogP contribution in [-0.4, -0.2) is 12.8 Å². The highest BCUT2D eigenvalue weighted by atomic mass is 19.1. The van der Waals surface area contributed by atoms with Crippen LogP contribution in [0.15, 0.2) is 0 Å². The third-order valence-electron chi connectivity index (χ3n) is 1.25. The van der Waals surface area contributed by atoms with Gasteiger partial charge in [0.15, 0.2) is 0 Å². The Kier molecular flexibility index (Phi) is 5.89. The molecule has 1 atom stereocenters. The lowest BCUT2D eigenvalue weighted by atomic mass is 10.1. The van der Waals surface area contributed by atoms with E-state index in [1.54, 1.807) is 0 Å². The van der Waals surface area contributed by atoms with Gasteiger partial charge >= 0.3 is 0 Å². The van der Waals surface area contributed by atoms with E-state index in [0.29, 0.717) is 19.3 Å². The van der Waals surface area contributed by atoms with Crippen LogP contribution in [0.3, 0.4) is 0 Å². The fourth-order valence-corrected chi connectivity index (χ4v) is 0.756. The fraction of sp³-hybridized carbons (Fsp3) is 1.00. The van der Waals surface area contributed by atoms with Crippen molar-refractivity contribution in [3.05, 3.63) is 0 Å². The van der Waals surface area contributed by atoms with E-state index in [4.69, 9.17) is 0 Å². The maximum absolute atomic E-state index is 12.4. The fourth-order valence-electron chi connectivity index (χ4n) is 0.756. The molecule has 0 rings (SSSR count). The number of rotatable bonds is 5. The lowest BCUT2D eigenvalue weighted by Gasteiger charge is -2.02. The van der Waals surface area contributed by atoms with E-state index >= 15 is 0 Å². The molecule has 0 aromatic heterocycles. The van der Waals surface area contributed by atoms with Gasteiger partial charge in [0.25, 0.3) is 0 Å². The number of halogens is 2. The van der Waals surface area contributed by atoms with Crippen molar-refractivity contribution in [1.29, 1.82) is 0 Å². The van der Waals surface area contributed by atoms with E-state index in [2.05, 4.69) is 0 Å². The summed E-state index contributed by atoms with van der Waals surface area (Å²) in [5.74, 6) is 0. The smallest absolute Gasteiger partial charge is 0.100 e. The summed E-state index contributed by atoms with van der Waals surface area (Å²) in [6.45, 7) is 1.55. The molecule has 0 nitrogen and oxygen atoms in total. The van der Waals surface area contributed by atoms with E-state index in [1.807, 2.05) is 6.92 Å². The zero-order valence-electron chi connectivity index (χ0n) is 5.87. The van der Waals surface area contributed by atoms with Crippen LogP contribution in [0.1, 0.15) is 32.6 Å². The molecule has 0 bridgehead atoms. The predicted octanol–water partition coefficient (Wildman–Crippen LogP) is 2.87. The first-order valence-electron chi connectivity index (χ1n) is 3.51. The van der Waals surface area contributed by atoms with Crippen LogP contribution in [0, 0.1) is 0 Å². The van der Waals surface area contributed by atoms with Gasteiger partial charge in [-0.2, -0.15) is 0 Å². The van der Waals surface area contributed by atoms with Gasteiger partial charge in [-0.05, 0) is 19.3 Å². The summed E-state index contributed by atoms with van der Waals surface area (Å²) >= 11 is 0. The average Bonchev–Trinajstić information content (AvgIpc) is 1.85. The molecule has 9 heavy (non-hydrogen) atoms. The molecule has 0 amide bonds. The monoisotopic (exact) mass is 136 g/mol. The Hall–Kier alpha value is -0.140. The molecule has 0 fully saturated rings. The van der Waals surface area contributed by atoms with Gasteiger partial charge in [0.1, 0.15) is 6.17 Å². The van der Waals surface area contributed by atoms with Gasteiger partial charge in [-0.1, -0.05) is 13.3 Å². The van der Waals surface area contributed by atoms with E-state index < -0.39 is 6.17 Å². The van der Waals surface area contributed by atoms with Crippen molar-refractivity contribution in [3.8, 4) is 0 Å². The first-order valence-corrected chi connectivity index (χ1v) is 3.51. The topological polar surface area (TPSA) is 0 Å². The molecule has 0 aliphatic heterocycles. The van der Waals surface area contributed by atoms with E-state index in [9.17, 15) is 8.78 Å². The summed E-state index contributed by atoms with van der Waals surface area (Å²) in [4.78, 5) is 0. The Balaban J connectivity index is 2.95. The Morgan fingerprint density at radius 1 is 1.33 bits per heavy atom. The van der Waals surface area contributed by atoms with Crippen LogP contribution >= 0.6 is 0 Å². The molecule has 0 spiro atoms. The van der Waals surface area contributed by atoms with Gasteiger partial charge in [0.2, 0.25) is 0 Å². The van der Waals surface area contributed by atoms with Gasteiger partial charge in [0.05, 0.1) is 6.67 Å². The van der Waals surface area contributed by atoms with Crippen molar-refractivity contribution in [2.45, 2.75) is 38.8 Å². The Bertz CT molecular complexity index is 54.9. The van der Waals surface area contributed by atoms with E-state index in [1.165, 1.54) is 0 Å². The van der Waals surface area contributed by atoms with E-state index in [-0.39, 0.29) is 6.67 Å². The average molecular weight is 136 g/mol. The van der Waals surface area contributed by atoms with Crippen molar-refractivity contribution < 1.29 is 8.78 Å². The summed E-state index contributed by atoms with van der Waals surface area (Å²) < 4.78 is 23.9. The van der Waals surface area contributed by atoms with E-state index in [0.717, 1.165) is 6.42 Å². The molecule has 2 heteroatoms. The van der Waals surface area contributed by atoms with Crippen LogP contribution in [0.5, 0.6) is 0 Å². The van der Waals surface area contributed by atoms with Crippen molar-refractivity contribution in [3.63, 3.8) is 0 Å². The Morgan fingerprint density at radius 2 is 2.00 bits per heavy atom. The third kappa shape index (κ3) is 5.74. The molecule has 0 saturated heterocycles. The quantitative estimate of drug-likeness (QED) is 0.545. The summed E-state index contributed by atoms with van der Waals surface area (Å²) in [5, 5.41) is 0. The number of hydrogen-bond donors (Lipinski definition) is 0. The Labute approximate surface area is 55.3 Å². The highest BCUT2D eigenvalue weighted by molar-refractivity contribution is 4.53. The number of hydrogen-bond acceptors (Lipinski definition) is 0. The van der Waals surface area contributed by atoms with Crippen LogP contribution in [0.4, 0.5) is 8.78 Å². The standard InChI is InChI=1S/C7H14F2/c1-2-4-7(9)5-3-6-8/h7H,2-6H2,1H3. The third-order valence-corrected chi connectivity index (χ3v) is 1.25.